The van der Waals surface area contributed by atoms with E-state index >= 15 is 0 Å². The van der Waals surface area contributed by atoms with Crippen molar-refractivity contribution in [1.82, 2.24) is 0 Å². The van der Waals surface area contributed by atoms with E-state index in [-0.39, 0.29) is 0 Å². The Kier molecular flexibility index (Phi) is 45.2. The zero-order valence-corrected chi connectivity index (χ0v) is 5.97. The number of hydrogen-bond acceptors (Lipinski definition) is 1. The molecule has 0 aliphatic rings. The molecule has 27 valence electrons. The van der Waals surface area contributed by atoms with Crippen molar-refractivity contribution in [2.75, 3.05) is 0 Å². The van der Waals surface area contributed by atoms with Gasteiger partial charge in [0.2, 0.25) is 0 Å². The van der Waals surface area contributed by atoms with Gasteiger partial charge in [-0.1, -0.05) is 0 Å². The fourth-order valence-corrected chi connectivity index (χ4v) is 0. The molecule has 0 unspecified atom stereocenters. The minimum absolute atomic E-state index is 1.34. The molecule has 5 radical (unpaired) electrons. The Balaban J connectivity index is 0. The molecule has 0 rings (SSSR count). The predicted molar refractivity (Wildman–Crippen MR) is 21.9 cm³/mol. The van der Waals surface area contributed by atoms with Crippen LogP contribution >= 0.6 is 0 Å². The molecular formula is C3H5OSn. The summed E-state index contributed by atoms with van der Waals surface area (Å²) < 4.78 is 1.34. The van der Waals surface area contributed by atoms with Crippen molar-refractivity contribution in [2.24, 2.45) is 0 Å². The average Bonchev–Trinajstić information content (AvgIpc) is 1.46. The first-order valence-electron chi connectivity index (χ1n) is 1.26. The van der Waals surface area contributed by atoms with E-state index < -0.39 is 0 Å². The van der Waals surface area contributed by atoms with Gasteiger partial charge in [-0.3, -0.25) is 4.79 Å². The molecule has 0 aromatic carbocycles. The standard InChI is InChI=1S/C2H5.CO.Sn/c2*1-2;/h1H2,2H3;;. The van der Waals surface area contributed by atoms with Crippen molar-refractivity contribution in [3.63, 3.8) is 0 Å². The van der Waals surface area contributed by atoms with Crippen LogP contribution in [0.4, 0.5) is 0 Å². The summed E-state index contributed by atoms with van der Waals surface area (Å²) in [5, 5.41) is 0. The molecule has 0 bridgehead atoms. The molecular weight excluding hydrogens is 171 g/mol. The van der Waals surface area contributed by atoms with Crippen LogP contribution in [-0.4, -0.2) is 29.3 Å². The zero-order chi connectivity index (χ0) is 4.71. The Morgan fingerprint density at radius 1 is 1.80 bits per heavy atom. The van der Waals surface area contributed by atoms with Gasteiger partial charge in [-0.2, -0.15) is 0 Å². The summed E-state index contributed by atoms with van der Waals surface area (Å²) in [6, 6.07) is 0. The number of rotatable bonds is 0. The fraction of sp³-hybridized carbons (Fsp3) is 0.667. The van der Waals surface area contributed by atoms with E-state index in [9.17, 15) is 0 Å². The molecule has 0 N–H and O–H groups in total. The molecule has 0 saturated heterocycles. The maximum absolute atomic E-state index is 7.50. The third kappa shape index (κ3) is 124. The molecule has 0 aliphatic heterocycles. The summed E-state index contributed by atoms with van der Waals surface area (Å²) in [7, 11) is 0. The van der Waals surface area contributed by atoms with Crippen LogP contribution in [0.3, 0.4) is 0 Å². The zero-order valence-electron chi connectivity index (χ0n) is 3.12. The Bertz CT molecular complexity index is 10.9. The van der Waals surface area contributed by atoms with Gasteiger partial charge in [0.25, 0.3) is 6.79 Å². The van der Waals surface area contributed by atoms with Crippen LogP contribution in [-0.2, 0) is 4.79 Å². The van der Waals surface area contributed by atoms with E-state index in [1.54, 1.807) is 22.5 Å². The smallest absolute Gasteiger partial charge is 0.281 e. The second-order valence-electron chi connectivity index (χ2n) is 0.354. The molecule has 0 saturated carbocycles. The van der Waals surface area contributed by atoms with Gasteiger partial charge in [0, 0.05) is 0 Å². The average molecular weight is 176 g/mol. The van der Waals surface area contributed by atoms with Crippen molar-refractivity contribution >= 4 is 29.3 Å². The van der Waals surface area contributed by atoms with Crippen molar-refractivity contribution in [3.05, 3.63) is 0 Å². The van der Waals surface area contributed by atoms with Crippen molar-refractivity contribution in [2.45, 2.75) is 11.4 Å². The van der Waals surface area contributed by atoms with Gasteiger partial charge in [-0.25, -0.2) is 0 Å². The monoisotopic (exact) mass is 177 g/mol. The van der Waals surface area contributed by atoms with Gasteiger partial charge in [0.1, 0.15) is 0 Å². The number of hydrogen-bond donors (Lipinski definition) is 0. The molecule has 0 heterocycles. The van der Waals surface area contributed by atoms with Crippen molar-refractivity contribution in [3.8, 4) is 0 Å². The summed E-state index contributed by atoms with van der Waals surface area (Å²) in [6.45, 7) is 6.66. The van der Waals surface area contributed by atoms with Gasteiger partial charge in [0.05, 0.1) is 0 Å². The largest absolute Gasteiger partial charge is 0.281 e. The van der Waals surface area contributed by atoms with Crippen LogP contribution in [0.25, 0.3) is 0 Å². The van der Waals surface area contributed by atoms with E-state index in [0.29, 0.717) is 0 Å². The summed E-state index contributed by atoms with van der Waals surface area (Å²) in [5.41, 5.74) is 0. The van der Waals surface area contributed by atoms with Crippen LogP contribution in [0, 0.1) is 0 Å². The summed E-state index contributed by atoms with van der Waals surface area (Å²) in [6.07, 6.45) is 0. The van der Waals surface area contributed by atoms with Crippen LogP contribution in [0.1, 0.15) is 6.92 Å². The van der Waals surface area contributed by atoms with E-state index in [4.69, 9.17) is 4.79 Å². The first kappa shape index (κ1) is 9.08. The summed E-state index contributed by atoms with van der Waals surface area (Å²) in [5.74, 6) is 0. The van der Waals surface area contributed by atoms with Gasteiger partial charge >= 0.3 is 33.9 Å². The second-order valence-corrected chi connectivity index (χ2v) is 2.37. The van der Waals surface area contributed by atoms with Crippen molar-refractivity contribution in [1.29, 1.82) is 0 Å². The molecule has 0 aliphatic carbocycles. The third-order valence-corrected chi connectivity index (χ3v) is 0. The first-order chi connectivity index (χ1) is 2.41. The minimum Gasteiger partial charge on any atom is -0.281 e. The first-order valence-corrected chi connectivity index (χ1v) is 3.28. The molecule has 0 spiro atoms. The topological polar surface area (TPSA) is 17.1 Å². The Morgan fingerprint density at radius 2 is 1.80 bits per heavy atom. The maximum atomic E-state index is 7.50. The van der Waals surface area contributed by atoms with Gasteiger partial charge in [0.15, 0.2) is 0 Å². The van der Waals surface area contributed by atoms with Gasteiger partial charge < -0.3 is 0 Å². The molecule has 0 atom stereocenters. The molecule has 0 amide bonds. The maximum Gasteiger partial charge on any atom is 0.281 e. The molecule has 0 aromatic rings. The Morgan fingerprint density at radius 3 is 1.80 bits per heavy atom. The molecule has 5 heavy (non-hydrogen) atoms. The van der Waals surface area contributed by atoms with E-state index in [0.717, 1.165) is 0 Å². The molecule has 0 fully saturated rings. The van der Waals surface area contributed by atoms with Crippen LogP contribution in [0.2, 0.25) is 4.44 Å². The summed E-state index contributed by atoms with van der Waals surface area (Å²) in [4.78, 5) is 7.50. The SMILES string of the molecule is C[CH2][Sn].[C]=O. The fourth-order valence-electron chi connectivity index (χ4n) is 0. The summed E-state index contributed by atoms with van der Waals surface area (Å²) >= 11 is 1.64. The van der Waals surface area contributed by atoms with Gasteiger partial charge in [-0.05, 0) is 0 Å². The Labute approximate surface area is 45.8 Å². The third-order valence-electron chi connectivity index (χ3n) is 0. The van der Waals surface area contributed by atoms with E-state index in [1.807, 2.05) is 0 Å². The normalized spacial score (nSPS) is 4.40. The predicted octanol–water partition coefficient (Wildman–Crippen LogP) is 0.196. The Hall–Kier alpha value is 0.469. The quantitative estimate of drug-likeness (QED) is 0.481. The van der Waals surface area contributed by atoms with E-state index in [1.165, 1.54) is 4.44 Å². The van der Waals surface area contributed by atoms with E-state index in [2.05, 4.69) is 13.7 Å². The van der Waals surface area contributed by atoms with Crippen LogP contribution in [0.15, 0.2) is 0 Å². The molecule has 2 heteroatoms. The van der Waals surface area contributed by atoms with Crippen LogP contribution in [0.5, 0.6) is 0 Å². The second kappa shape index (κ2) is 24.9. The minimum atomic E-state index is 1.34. The van der Waals surface area contributed by atoms with Crippen LogP contribution < -0.4 is 0 Å². The van der Waals surface area contributed by atoms with Gasteiger partial charge in [-0.15, -0.1) is 0 Å². The molecule has 0 aromatic heterocycles. The van der Waals surface area contributed by atoms with Crippen molar-refractivity contribution < 1.29 is 4.79 Å². The molecule has 1 nitrogen and oxygen atoms in total. The number of carbonyl (C=O) groups excluding carboxylic acids is 1.